The lowest BCUT2D eigenvalue weighted by Gasteiger charge is -2.07. The van der Waals surface area contributed by atoms with Gasteiger partial charge in [-0.15, -0.1) is 0 Å². The quantitative estimate of drug-likeness (QED) is 0.332. The second-order valence-corrected chi connectivity index (χ2v) is 7.77. The summed E-state index contributed by atoms with van der Waals surface area (Å²) in [7, 11) is 0. The standard InChI is InChI=1S/C27H25N3/c28-15-7-6-11-23-24-17-20(19-8-2-1-3-9-19)13-14-26(24)30-27(23)22-16-21-10-4-5-12-25(21)29-18-22/h1-5,8-10,12-14,16-18,30H,6-7,11,15,28H2. The van der Waals surface area contributed by atoms with Gasteiger partial charge in [0.15, 0.2) is 0 Å². The van der Waals surface area contributed by atoms with Crippen molar-refractivity contribution in [2.45, 2.75) is 19.3 Å². The Morgan fingerprint density at radius 1 is 0.767 bits per heavy atom. The number of hydrogen-bond acceptors (Lipinski definition) is 2. The zero-order chi connectivity index (χ0) is 20.3. The summed E-state index contributed by atoms with van der Waals surface area (Å²) in [4.78, 5) is 8.37. The molecule has 3 aromatic carbocycles. The molecule has 0 aliphatic carbocycles. The van der Waals surface area contributed by atoms with Crippen molar-refractivity contribution in [3.63, 3.8) is 0 Å². The first-order chi connectivity index (χ1) is 14.8. The maximum Gasteiger partial charge on any atom is 0.0702 e. The average Bonchev–Trinajstić information content (AvgIpc) is 3.17. The van der Waals surface area contributed by atoms with Gasteiger partial charge in [-0.3, -0.25) is 4.98 Å². The third kappa shape index (κ3) is 3.49. The second-order valence-electron chi connectivity index (χ2n) is 7.77. The van der Waals surface area contributed by atoms with E-state index < -0.39 is 0 Å². The molecule has 30 heavy (non-hydrogen) atoms. The number of aromatic nitrogens is 2. The van der Waals surface area contributed by atoms with Gasteiger partial charge in [0.2, 0.25) is 0 Å². The zero-order valence-electron chi connectivity index (χ0n) is 16.9. The van der Waals surface area contributed by atoms with Crippen molar-refractivity contribution in [1.82, 2.24) is 9.97 Å². The first-order valence-corrected chi connectivity index (χ1v) is 10.6. The molecule has 0 bridgehead atoms. The Bertz CT molecular complexity index is 1300. The van der Waals surface area contributed by atoms with E-state index in [9.17, 15) is 0 Å². The van der Waals surface area contributed by atoms with Crippen LogP contribution in [0.2, 0.25) is 0 Å². The molecule has 0 spiro atoms. The molecule has 5 aromatic rings. The monoisotopic (exact) mass is 391 g/mol. The van der Waals surface area contributed by atoms with Crippen LogP contribution in [-0.4, -0.2) is 16.5 Å². The highest BCUT2D eigenvalue weighted by Gasteiger charge is 2.15. The molecule has 0 aliphatic rings. The molecule has 0 unspecified atom stereocenters. The number of unbranched alkanes of at least 4 members (excludes halogenated alkanes) is 1. The van der Waals surface area contributed by atoms with Crippen molar-refractivity contribution >= 4 is 21.8 Å². The predicted molar refractivity (Wildman–Crippen MR) is 126 cm³/mol. The minimum absolute atomic E-state index is 0.727. The van der Waals surface area contributed by atoms with E-state index in [2.05, 4.69) is 77.8 Å². The van der Waals surface area contributed by atoms with Crippen LogP contribution in [0.3, 0.4) is 0 Å². The molecule has 0 fully saturated rings. The Balaban J connectivity index is 1.66. The van der Waals surface area contributed by atoms with E-state index in [1.807, 2.05) is 12.3 Å². The minimum atomic E-state index is 0.727. The number of aromatic amines is 1. The Morgan fingerprint density at radius 3 is 2.47 bits per heavy atom. The summed E-state index contributed by atoms with van der Waals surface area (Å²) >= 11 is 0. The molecular formula is C27H25N3. The van der Waals surface area contributed by atoms with E-state index in [1.54, 1.807) is 0 Å². The summed E-state index contributed by atoms with van der Waals surface area (Å²) in [6, 6.07) is 27.8. The normalized spacial score (nSPS) is 11.4. The van der Waals surface area contributed by atoms with E-state index in [0.717, 1.165) is 42.3 Å². The van der Waals surface area contributed by atoms with Crippen molar-refractivity contribution in [3.05, 3.63) is 90.6 Å². The lowest BCUT2D eigenvalue weighted by molar-refractivity contribution is 0.748. The minimum Gasteiger partial charge on any atom is -0.354 e. The van der Waals surface area contributed by atoms with Crippen LogP contribution in [0.15, 0.2) is 85.1 Å². The molecular weight excluding hydrogens is 366 g/mol. The Morgan fingerprint density at radius 2 is 1.60 bits per heavy atom. The first kappa shape index (κ1) is 18.6. The zero-order valence-corrected chi connectivity index (χ0v) is 16.9. The lowest BCUT2D eigenvalue weighted by Crippen LogP contribution is -1.99. The summed E-state index contributed by atoms with van der Waals surface area (Å²) in [5.74, 6) is 0. The highest BCUT2D eigenvalue weighted by Crippen LogP contribution is 2.35. The molecule has 0 amide bonds. The fourth-order valence-corrected chi connectivity index (χ4v) is 4.22. The smallest absolute Gasteiger partial charge is 0.0702 e. The number of hydrogen-bond donors (Lipinski definition) is 2. The summed E-state index contributed by atoms with van der Waals surface area (Å²) in [6.07, 6.45) is 5.09. The molecule has 0 atom stereocenters. The maximum atomic E-state index is 5.77. The van der Waals surface area contributed by atoms with Crippen LogP contribution in [0.25, 0.3) is 44.2 Å². The number of rotatable bonds is 6. The van der Waals surface area contributed by atoms with Crippen LogP contribution in [-0.2, 0) is 6.42 Å². The number of nitrogens with one attached hydrogen (secondary N) is 1. The van der Waals surface area contributed by atoms with E-state index in [0.29, 0.717) is 0 Å². The largest absolute Gasteiger partial charge is 0.354 e. The third-order valence-electron chi connectivity index (χ3n) is 5.77. The van der Waals surface area contributed by atoms with E-state index >= 15 is 0 Å². The molecule has 3 nitrogen and oxygen atoms in total. The van der Waals surface area contributed by atoms with E-state index in [-0.39, 0.29) is 0 Å². The van der Waals surface area contributed by atoms with E-state index in [1.165, 1.54) is 33.3 Å². The van der Waals surface area contributed by atoms with Gasteiger partial charge in [-0.1, -0.05) is 54.6 Å². The van der Waals surface area contributed by atoms with Crippen LogP contribution >= 0.6 is 0 Å². The first-order valence-electron chi connectivity index (χ1n) is 10.6. The average molecular weight is 392 g/mol. The molecule has 5 rings (SSSR count). The SMILES string of the molecule is NCCCCc1c(-c2cnc3ccccc3c2)[nH]c2ccc(-c3ccccc3)cc12. The number of aryl methyl sites for hydroxylation is 1. The molecule has 0 radical (unpaired) electrons. The molecule has 148 valence electrons. The number of H-pyrrole nitrogens is 1. The Labute approximate surface area is 176 Å². The topological polar surface area (TPSA) is 54.7 Å². The van der Waals surface area contributed by atoms with Crippen molar-refractivity contribution in [1.29, 1.82) is 0 Å². The lowest BCUT2D eigenvalue weighted by atomic mass is 9.97. The van der Waals surface area contributed by atoms with Gasteiger partial charge in [-0.25, -0.2) is 0 Å². The molecule has 3 N–H and O–H groups in total. The highest BCUT2D eigenvalue weighted by molar-refractivity contribution is 5.95. The van der Waals surface area contributed by atoms with Crippen LogP contribution in [0.1, 0.15) is 18.4 Å². The Hall–Kier alpha value is -3.43. The number of nitrogens with zero attached hydrogens (tertiary/aromatic N) is 1. The fraction of sp³-hybridized carbons (Fsp3) is 0.148. The summed E-state index contributed by atoms with van der Waals surface area (Å²) in [5.41, 5.74) is 14.1. The van der Waals surface area contributed by atoms with E-state index in [4.69, 9.17) is 10.7 Å². The molecule has 2 aromatic heterocycles. The van der Waals surface area contributed by atoms with Crippen LogP contribution < -0.4 is 5.73 Å². The predicted octanol–water partition coefficient (Wildman–Crippen LogP) is 6.33. The summed E-state index contributed by atoms with van der Waals surface area (Å²) in [5, 5.41) is 2.45. The van der Waals surface area contributed by atoms with Gasteiger partial charge in [0.1, 0.15) is 0 Å². The van der Waals surface area contributed by atoms with Crippen molar-refractivity contribution in [2.75, 3.05) is 6.54 Å². The Kier molecular flexibility index (Phi) is 5.04. The van der Waals surface area contributed by atoms with Gasteiger partial charge in [0.05, 0.1) is 11.2 Å². The summed E-state index contributed by atoms with van der Waals surface area (Å²) < 4.78 is 0. The number of para-hydroxylation sites is 1. The number of nitrogens with two attached hydrogens (primary N) is 1. The molecule has 3 heteroatoms. The number of fused-ring (bicyclic) bond motifs is 2. The van der Waals surface area contributed by atoms with Crippen molar-refractivity contribution in [2.24, 2.45) is 5.73 Å². The molecule has 0 saturated heterocycles. The van der Waals surface area contributed by atoms with Gasteiger partial charge in [0.25, 0.3) is 0 Å². The number of pyridine rings is 1. The second kappa shape index (κ2) is 8.13. The van der Waals surface area contributed by atoms with Gasteiger partial charge < -0.3 is 10.7 Å². The fourth-order valence-electron chi connectivity index (χ4n) is 4.22. The van der Waals surface area contributed by atoms with Crippen LogP contribution in [0.4, 0.5) is 0 Å². The van der Waals surface area contributed by atoms with Crippen LogP contribution in [0, 0.1) is 0 Å². The maximum absolute atomic E-state index is 5.77. The molecule has 0 aliphatic heterocycles. The third-order valence-corrected chi connectivity index (χ3v) is 5.77. The van der Waals surface area contributed by atoms with Crippen molar-refractivity contribution < 1.29 is 0 Å². The van der Waals surface area contributed by atoms with Crippen LogP contribution in [0.5, 0.6) is 0 Å². The highest BCUT2D eigenvalue weighted by atomic mass is 14.7. The molecule has 0 saturated carbocycles. The molecule has 2 heterocycles. The number of benzene rings is 3. The van der Waals surface area contributed by atoms with Gasteiger partial charge >= 0.3 is 0 Å². The van der Waals surface area contributed by atoms with Gasteiger partial charge in [-0.2, -0.15) is 0 Å². The van der Waals surface area contributed by atoms with Crippen molar-refractivity contribution in [3.8, 4) is 22.4 Å². The summed E-state index contributed by atoms with van der Waals surface area (Å²) in [6.45, 7) is 0.727. The van der Waals surface area contributed by atoms with Gasteiger partial charge in [0, 0.05) is 28.0 Å². The van der Waals surface area contributed by atoms with Gasteiger partial charge in [-0.05, 0) is 66.8 Å².